The van der Waals surface area contributed by atoms with Gasteiger partial charge in [0.15, 0.2) is 0 Å². The number of hydrogen-bond donors (Lipinski definition) is 1. The van der Waals surface area contributed by atoms with Crippen LogP contribution in [-0.2, 0) is 4.79 Å². The zero-order valence-corrected chi connectivity index (χ0v) is 13.9. The molecule has 1 atom stereocenters. The van der Waals surface area contributed by atoms with E-state index in [0.29, 0.717) is 24.6 Å². The molecule has 1 N–H and O–H groups in total. The van der Waals surface area contributed by atoms with Crippen LogP contribution in [0.25, 0.3) is 0 Å². The molecule has 1 aromatic carbocycles. The average Bonchev–Trinajstić information content (AvgIpc) is 3.40. The van der Waals surface area contributed by atoms with Crippen LogP contribution in [0.4, 0.5) is 0 Å². The first kappa shape index (κ1) is 16.8. The van der Waals surface area contributed by atoms with Crippen molar-refractivity contribution in [3.8, 4) is 5.75 Å². The lowest BCUT2D eigenvalue weighted by atomic mass is 9.97. The van der Waals surface area contributed by atoms with Crippen molar-refractivity contribution in [1.82, 2.24) is 4.90 Å². The van der Waals surface area contributed by atoms with Crippen LogP contribution in [0.3, 0.4) is 0 Å². The summed E-state index contributed by atoms with van der Waals surface area (Å²) in [7, 11) is 0. The Hall–Kier alpha value is -2.04. The molecule has 1 heterocycles. The van der Waals surface area contributed by atoms with Gasteiger partial charge in [-0.05, 0) is 68.2 Å². The quantitative estimate of drug-likeness (QED) is 0.869. The number of carbonyl (C=O) groups is 2. The molecule has 0 bridgehead atoms. The maximum absolute atomic E-state index is 12.6. The molecular formula is C19H25NO4. The Bertz CT molecular complexity index is 580. The van der Waals surface area contributed by atoms with E-state index in [1.54, 1.807) is 0 Å². The molecule has 5 nitrogen and oxygen atoms in total. The predicted molar refractivity (Wildman–Crippen MR) is 90.2 cm³/mol. The molecule has 1 saturated heterocycles. The fourth-order valence-corrected chi connectivity index (χ4v) is 3.19. The number of aliphatic carboxylic acids is 1. The molecule has 1 saturated carbocycles. The van der Waals surface area contributed by atoms with E-state index < -0.39 is 5.97 Å². The lowest BCUT2D eigenvalue weighted by Gasteiger charge is -2.20. The Morgan fingerprint density at radius 3 is 2.46 bits per heavy atom. The minimum atomic E-state index is -0.749. The van der Waals surface area contributed by atoms with Gasteiger partial charge < -0.3 is 14.7 Å². The van der Waals surface area contributed by atoms with Crippen molar-refractivity contribution in [2.24, 2.45) is 11.8 Å². The molecule has 1 aromatic rings. The van der Waals surface area contributed by atoms with E-state index in [1.807, 2.05) is 29.2 Å². The first-order valence-corrected chi connectivity index (χ1v) is 8.86. The Balaban J connectivity index is 1.53. The number of amides is 1. The van der Waals surface area contributed by atoms with E-state index in [0.717, 1.165) is 31.6 Å². The maximum atomic E-state index is 12.6. The molecule has 5 heteroatoms. The fourth-order valence-electron chi connectivity index (χ4n) is 3.19. The Kier molecular flexibility index (Phi) is 5.38. The minimum Gasteiger partial charge on any atom is -0.493 e. The second-order valence-electron chi connectivity index (χ2n) is 6.97. The van der Waals surface area contributed by atoms with Crippen molar-refractivity contribution in [2.45, 2.75) is 38.5 Å². The van der Waals surface area contributed by atoms with Crippen LogP contribution in [0.2, 0.25) is 0 Å². The second-order valence-corrected chi connectivity index (χ2v) is 6.97. The van der Waals surface area contributed by atoms with Gasteiger partial charge in [-0.3, -0.25) is 9.59 Å². The molecule has 0 spiro atoms. The first-order chi connectivity index (χ1) is 11.6. The molecule has 2 fully saturated rings. The van der Waals surface area contributed by atoms with Crippen molar-refractivity contribution >= 4 is 11.9 Å². The average molecular weight is 331 g/mol. The van der Waals surface area contributed by atoms with Crippen molar-refractivity contribution in [3.63, 3.8) is 0 Å². The Labute approximate surface area is 142 Å². The molecule has 1 aliphatic carbocycles. The zero-order valence-electron chi connectivity index (χ0n) is 13.9. The number of likely N-dealkylation sites (tertiary alicyclic amines) is 1. The third-order valence-electron chi connectivity index (χ3n) is 4.88. The normalized spacial score (nSPS) is 21.2. The number of carbonyl (C=O) groups excluding carboxylic acids is 1. The highest BCUT2D eigenvalue weighted by atomic mass is 16.5. The summed E-state index contributed by atoms with van der Waals surface area (Å²) in [5.74, 6) is 0.984. The van der Waals surface area contributed by atoms with Gasteiger partial charge in [0.1, 0.15) is 5.75 Å². The van der Waals surface area contributed by atoms with Gasteiger partial charge >= 0.3 is 5.97 Å². The molecule has 2 aliphatic rings. The number of carboxylic acid groups (broad SMARTS) is 1. The van der Waals surface area contributed by atoms with Crippen LogP contribution in [0.15, 0.2) is 24.3 Å². The van der Waals surface area contributed by atoms with Crippen LogP contribution in [-0.4, -0.2) is 41.6 Å². The Morgan fingerprint density at radius 2 is 1.79 bits per heavy atom. The fraction of sp³-hybridized carbons (Fsp3) is 0.579. The number of hydrogen-bond acceptors (Lipinski definition) is 3. The standard InChI is InChI=1S/C19H25NO4/c21-18(22)12-14-2-1-10-20(11-9-14)19(23)16-5-7-17(8-6-16)24-13-15-3-4-15/h5-8,14-15H,1-4,9-13H2,(H,21,22). The summed E-state index contributed by atoms with van der Waals surface area (Å²) in [6.07, 6.45) is 5.23. The summed E-state index contributed by atoms with van der Waals surface area (Å²) >= 11 is 0. The van der Waals surface area contributed by atoms with E-state index in [-0.39, 0.29) is 18.2 Å². The van der Waals surface area contributed by atoms with Gasteiger partial charge in [-0.1, -0.05) is 0 Å². The monoisotopic (exact) mass is 331 g/mol. The van der Waals surface area contributed by atoms with E-state index in [2.05, 4.69) is 0 Å². The lowest BCUT2D eigenvalue weighted by molar-refractivity contribution is -0.138. The number of nitrogens with zero attached hydrogens (tertiary/aromatic N) is 1. The van der Waals surface area contributed by atoms with Gasteiger partial charge in [0, 0.05) is 25.1 Å². The summed E-state index contributed by atoms with van der Waals surface area (Å²) in [5.41, 5.74) is 0.672. The van der Waals surface area contributed by atoms with Crippen LogP contribution in [0, 0.1) is 11.8 Å². The molecule has 1 amide bonds. The van der Waals surface area contributed by atoms with Crippen molar-refractivity contribution in [3.05, 3.63) is 29.8 Å². The van der Waals surface area contributed by atoms with E-state index in [1.165, 1.54) is 12.8 Å². The van der Waals surface area contributed by atoms with Crippen LogP contribution < -0.4 is 4.74 Å². The number of rotatable bonds is 6. The summed E-state index contributed by atoms with van der Waals surface area (Å²) in [6, 6.07) is 7.37. The zero-order chi connectivity index (χ0) is 16.9. The molecule has 1 aliphatic heterocycles. The minimum absolute atomic E-state index is 0.0275. The highest BCUT2D eigenvalue weighted by molar-refractivity contribution is 5.94. The highest BCUT2D eigenvalue weighted by Crippen LogP contribution is 2.29. The third kappa shape index (κ3) is 4.73. The Morgan fingerprint density at radius 1 is 1.04 bits per heavy atom. The smallest absolute Gasteiger partial charge is 0.303 e. The molecular weight excluding hydrogens is 306 g/mol. The van der Waals surface area contributed by atoms with E-state index in [9.17, 15) is 9.59 Å². The second kappa shape index (κ2) is 7.69. The van der Waals surface area contributed by atoms with Crippen LogP contribution in [0.5, 0.6) is 5.75 Å². The van der Waals surface area contributed by atoms with Crippen LogP contribution in [0.1, 0.15) is 48.9 Å². The first-order valence-electron chi connectivity index (χ1n) is 8.86. The molecule has 1 unspecified atom stereocenters. The van der Waals surface area contributed by atoms with Crippen molar-refractivity contribution < 1.29 is 19.4 Å². The van der Waals surface area contributed by atoms with E-state index >= 15 is 0 Å². The van der Waals surface area contributed by atoms with Gasteiger partial charge in [0.2, 0.25) is 0 Å². The molecule has 24 heavy (non-hydrogen) atoms. The largest absolute Gasteiger partial charge is 0.493 e. The summed E-state index contributed by atoms with van der Waals surface area (Å²) < 4.78 is 5.70. The molecule has 3 rings (SSSR count). The molecule has 0 radical (unpaired) electrons. The summed E-state index contributed by atoms with van der Waals surface area (Å²) in [5, 5.41) is 8.93. The van der Waals surface area contributed by atoms with Gasteiger partial charge in [0.05, 0.1) is 6.61 Å². The van der Waals surface area contributed by atoms with Crippen LogP contribution >= 0.6 is 0 Å². The van der Waals surface area contributed by atoms with Gasteiger partial charge in [-0.15, -0.1) is 0 Å². The van der Waals surface area contributed by atoms with Crippen molar-refractivity contribution in [1.29, 1.82) is 0 Å². The van der Waals surface area contributed by atoms with E-state index in [4.69, 9.17) is 9.84 Å². The topological polar surface area (TPSA) is 66.8 Å². The third-order valence-corrected chi connectivity index (χ3v) is 4.88. The highest BCUT2D eigenvalue weighted by Gasteiger charge is 2.24. The summed E-state index contributed by atoms with van der Waals surface area (Å²) in [4.78, 5) is 25.3. The van der Waals surface area contributed by atoms with Crippen molar-refractivity contribution in [2.75, 3.05) is 19.7 Å². The van der Waals surface area contributed by atoms with Gasteiger partial charge in [0.25, 0.3) is 5.91 Å². The number of ether oxygens (including phenoxy) is 1. The predicted octanol–water partition coefficient (Wildman–Crippen LogP) is 3.19. The molecule has 130 valence electrons. The lowest BCUT2D eigenvalue weighted by Crippen LogP contribution is -2.32. The maximum Gasteiger partial charge on any atom is 0.303 e. The number of benzene rings is 1. The van der Waals surface area contributed by atoms with Gasteiger partial charge in [-0.25, -0.2) is 0 Å². The molecule has 0 aromatic heterocycles. The summed E-state index contributed by atoms with van der Waals surface area (Å²) in [6.45, 7) is 2.11. The number of carboxylic acids is 1. The SMILES string of the molecule is O=C(O)CC1CCCN(C(=O)c2ccc(OCC3CC3)cc2)CC1. The van der Waals surface area contributed by atoms with Gasteiger partial charge in [-0.2, -0.15) is 0 Å².